The van der Waals surface area contributed by atoms with Crippen molar-refractivity contribution in [3.05, 3.63) is 39.8 Å². The minimum atomic E-state index is 0.146. The van der Waals surface area contributed by atoms with E-state index in [1.807, 2.05) is 31.5 Å². The van der Waals surface area contributed by atoms with Gasteiger partial charge in [0, 0.05) is 34.3 Å². The molecule has 0 radical (unpaired) electrons. The van der Waals surface area contributed by atoms with Crippen LogP contribution in [0.1, 0.15) is 32.2 Å². The Balaban J connectivity index is 1.86. The molecular weight excluding hydrogens is 326 g/mol. The summed E-state index contributed by atoms with van der Waals surface area (Å²) in [6.07, 6.45) is 1.59. The molecule has 0 aliphatic heterocycles. The highest BCUT2D eigenvalue weighted by Gasteiger charge is 2.17. The third-order valence-electron chi connectivity index (χ3n) is 4.35. The van der Waals surface area contributed by atoms with Crippen molar-refractivity contribution < 1.29 is 4.79 Å². The van der Waals surface area contributed by atoms with Gasteiger partial charge in [-0.2, -0.15) is 0 Å². The molecule has 3 aromatic rings. The highest BCUT2D eigenvalue weighted by molar-refractivity contribution is 8.00. The molecule has 0 spiro atoms. The molecule has 0 unspecified atom stereocenters. The van der Waals surface area contributed by atoms with Crippen LogP contribution in [0, 0.1) is 27.7 Å². The van der Waals surface area contributed by atoms with E-state index in [0.29, 0.717) is 5.75 Å². The van der Waals surface area contributed by atoms with Crippen molar-refractivity contribution in [2.45, 2.75) is 32.7 Å². The molecule has 3 rings (SSSR count). The van der Waals surface area contributed by atoms with E-state index in [1.54, 1.807) is 17.7 Å². The van der Waals surface area contributed by atoms with E-state index >= 15 is 0 Å². The number of rotatable bonds is 4. The van der Waals surface area contributed by atoms with Gasteiger partial charge in [0.2, 0.25) is 0 Å². The Morgan fingerprint density at radius 2 is 2.00 bits per heavy atom. The van der Waals surface area contributed by atoms with Crippen LogP contribution in [-0.4, -0.2) is 26.1 Å². The van der Waals surface area contributed by atoms with Gasteiger partial charge in [-0.15, -0.1) is 11.3 Å². The number of thiophene rings is 1. The number of thioether (sulfide) groups is 1. The van der Waals surface area contributed by atoms with Crippen LogP contribution in [0.15, 0.2) is 17.4 Å². The van der Waals surface area contributed by atoms with Crippen molar-refractivity contribution in [1.82, 2.24) is 14.5 Å². The highest BCUT2D eigenvalue weighted by atomic mass is 32.2. The van der Waals surface area contributed by atoms with Gasteiger partial charge < -0.3 is 4.57 Å². The first-order valence-electron chi connectivity index (χ1n) is 7.39. The molecule has 0 atom stereocenters. The van der Waals surface area contributed by atoms with Crippen LogP contribution in [0.5, 0.6) is 0 Å². The second-order valence-corrected chi connectivity index (χ2v) is 7.87. The van der Waals surface area contributed by atoms with Crippen molar-refractivity contribution >= 4 is 39.1 Å². The van der Waals surface area contributed by atoms with Crippen LogP contribution < -0.4 is 0 Å². The van der Waals surface area contributed by atoms with Crippen molar-refractivity contribution in [2.75, 3.05) is 5.75 Å². The fourth-order valence-corrected chi connectivity index (χ4v) is 4.61. The molecular formula is C17H19N3OS2. The Morgan fingerprint density at radius 3 is 2.65 bits per heavy atom. The summed E-state index contributed by atoms with van der Waals surface area (Å²) in [6.45, 7) is 8.19. The predicted octanol–water partition coefficient (Wildman–Crippen LogP) is 4.24. The van der Waals surface area contributed by atoms with Gasteiger partial charge in [0.15, 0.2) is 5.78 Å². The lowest BCUT2D eigenvalue weighted by Gasteiger charge is -2.04. The molecule has 0 aromatic carbocycles. The maximum atomic E-state index is 12.6. The summed E-state index contributed by atoms with van der Waals surface area (Å²) < 4.78 is 2.05. The Hall–Kier alpha value is -1.66. The Morgan fingerprint density at radius 1 is 1.26 bits per heavy atom. The quantitative estimate of drug-likeness (QED) is 0.403. The summed E-state index contributed by atoms with van der Waals surface area (Å²) in [6, 6.07) is 1.97. The van der Waals surface area contributed by atoms with Gasteiger partial charge in [-0.05, 0) is 39.3 Å². The van der Waals surface area contributed by atoms with Crippen LogP contribution in [-0.2, 0) is 7.05 Å². The Kier molecular flexibility index (Phi) is 4.29. The molecule has 0 N–H and O–H groups in total. The van der Waals surface area contributed by atoms with E-state index in [4.69, 9.17) is 0 Å². The first-order valence-corrected chi connectivity index (χ1v) is 9.20. The molecule has 0 saturated carbocycles. The number of carbonyl (C=O) groups excluding carboxylic acids is 1. The average molecular weight is 345 g/mol. The van der Waals surface area contributed by atoms with E-state index in [-0.39, 0.29) is 5.78 Å². The summed E-state index contributed by atoms with van der Waals surface area (Å²) in [7, 11) is 1.99. The summed E-state index contributed by atoms with van der Waals surface area (Å²) in [4.78, 5) is 23.5. The second-order valence-electron chi connectivity index (χ2n) is 5.70. The minimum absolute atomic E-state index is 0.146. The number of hydrogen-bond donors (Lipinski definition) is 0. The second kappa shape index (κ2) is 6.09. The third kappa shape index (κ3) is 2.81. The molecule has 23 heavy (non-hydrogen) atoms. The molecule has 3 aromatic heterocycles. The van der Waals surface area contributed by atoms with Crippen molar-refractivity contribution in [1.29, 1.82) is 0 Å². The number of hydrogen-bond acceptors (Lipinski definition) is 5. The zero-order chi connectivity index (χ0) is 16.7. The molecule has 4 nitrogen and oxygen atoms in total. The molecule has 0 aliphatic rings. The first kappa shape index (κ1) is 16.2. The minimum Gasteiger partial charge on any atom is -0.351 e. The van der Waals surface area contributed by atoms with Gasteiger partial charge in [-0.1, -0.05) is 11.8 Å². The summed E-state index contributed by atoms with van der Waals surface area (Å²) in [5, 5.41) is 1.99. The number of Topliss-reactive ketones (excluding diaryl/α,β-unsaturated/α-hetero) is 1. The number of carbonyl (C=O) groups is 1. The lowest BCUT2D eigenvalue weighted by atomic mass is 10.2. The predicted molar refractivity (Wildman–Crippen MR) is 96.8 cm³/mol. The van der Waals surface area contributed by atoms with Gasteiger partial charge in [-0.3, -0.25) is 4.79 Å². The number of aryl methyl sites for hydroxylation is 3. The largest absolute Gasteiger partial charge is 0.351 e. The maximum Gasteiger partial charge on any atom is 0.174 e. The fourth-order valence-electron chi connectivity index (χ4n) is 2.61. The maximum absolute atomic E-state index is 12.6. The van der Waals surface area contributed by atoms with Crippen molar-refractivity contribution in [3.8, 4) is 0 Å². The summed E-state index contributed by atoms with van der Waals surface area (Å²) >= 11 is 3.18. The van der Waals surface area contributed by atoms with Gasteiger partial charge in [0.05, 0.1) is 5.75 Å². The highest BCUT2D eigenvalue weighted by Crippen LogP contribution is 2.34. The lowest BCUT2D eigenvalue weighted by Crippen LogP contribution is -2.05. The Bertz CT molecular complexity index is 908. The SMILES string of the molecule is Cc1sc2ncnc(SCC(=O)c3cc(C)n(C)c3C)c2c1C. The van der Waals surface area contributed by atoms with Gasteiger partial charge in [0.1, 0.15) is 16.2 Å². The van der Waals surface area contributed by atoms with Crippen LogP contribution in [0.4, 0.5) is 0 Å². The number of aromatic nitrogens is 3. The van der Waals surface area contributed by atoms with Crippen molar-refractivity contribution in [3.63, 3.8) is 0 Å². The smallest absolute Gasteiger partial charge is 0.174 e. The van der Waals surface area contributed by atoms with Crippen LogP contribution >= 0.6 is 23.1 Å². The summed E-state index contributed by atoms with van der Waals surface area (Å²) in [5.74, 6) is 0.539. The van der Waals surface area contributed by atoms with E-state index in [9.17, 15) is 4.79 Å². The van der Waals surface area contributed by atoms with Crippen LogP contribution in [0.2, 0.25) is 0 Å². The van der Waals surface area contributed by atoms with Gasteiger partial charge >= 0.3 is 0 Å². The third-order valence-corrected chi connectivity index (χ3v) is 6.45. The normalized spacial score (nSPS) is 11.3. The molecule has 0 bridgehead atoms. The molecule has 0 amide bonds. The zero-order valence-corrected chi connectivity index (χ0v) is 15.6. The van der Waals surface area contributed by atoms with E-state index in [2.05, 4.69) is 23.8 Å². The average Bonchev–Trinajstić information content (AvgIpc) is 2.96. The molecule has 0 saturated heterocycles. The molecule has 6 heteroatoms. The molecule has 0 fully saturated rings. The molecule has 0 aliphatic carbocycles. The molecule has 120 valence electrons. The van der Waals surface area contributed by atoms with Gasteiger partial charge in [0.25, 0.3) is 0 Å². The number of nitrogens with zero attached hydrogens (tertiary/aromatic N) is 3. The summed E-state index contributed by atoms with van der Waals surface area (Å²) in [5.41, 5.74) is 4.14. The van der Waals surface area contributed by atoms with E-state index < -0.39 is 0 Å². The van der Waals surface area contributed by atoms with E-state index in [1.165, 1.54) is 22.2 Å². The van der Waals surface area contributed by atoms with E-state index in [0.717, 1.165) is 32.2 Å². The lowest BCUT2D eigenvalue weighted by molar-refractivity contribution is 0.102. The van der Waals surface area contributed by atoms with Gasteiger partial charge in [-0.25, -0.2) is 9.97 Å². The van der Waals surface area contributed by atoms with Crippen LogP contribution in [0.3, 0.4) is 0 Å². The first-order chi connectivity index (χ1) is 10.9. The number of ketones is 1. The zero-order valence-electron chi connectivity index (χ0n) is 13.9. The monoisotopic (exact) mass is 345 g/mol. The van der Waals surface area contributed by atoms with Crippen molar-refractivity contribution in [2.24, 2.45) is 7.05 Å². The Labute approximate surface area is 144 Å². The standard InChI is InChI=1S/C17H19N3OS2/c1-9-6-13(11(3)20(9)5)14(21)7-22-16-15-10(2)12(4)23-17(15)19-8-18-16/h6,8H,7H2,1-5H3. The topological polar surface area (TPSA) is 47.8 Å². The van der Waals surface area contributed by atoms with Crippen LogP contribution in [0.25, 0.3) is 10.2 Å². The number of fused-ring (bicyclic) bond motifs is 1. The molecule has 3 heterocycles. The fraction of sp³-hybridized carbons (Fsp3) is 0.353.